The van der Waals surface area contributed by atoms with Crippen molar-refractivity contribution in [3.8, 4) is 5.75 Å². The normalized spacial score (nSPS) is 18.8. The summed E-state index contributed by atoms with van der Waals surface area (Å²) in [5.74, 6) is -0.405. The van der Waals surface area contributed by atoms with E-state index in [0.717, 1.165) is 16.9 Å². The van der Waals surface area contributed by atoms with Gasteiger partial charge in [0.25, 0.3) is 17.7 Å². The van der Waals surface area contributed by atoms with Gasteiger partial charge in [-0.2, -0.15) is 0 Å². The van der Waals surface area contributed by atoms with Crippen LogP contribution in [0.2, 0.25) is 0 Å². The Morgan fingerprint density at radius 3 is 2.68 bits per heavy atom. The summed E-state index contributed by atoms with van der Waals surface area (Å²) < 4.78 is 5.30. The second-order valence-corrected chi connectivity index (χ2v) is 6.76. The zero-order valence-corrected chi connectivity index (χ0v) is 15.5. The van der Waals surface area contributed by atoms with Gasteiger partial charge in [-0.05, 0) is 37.1 Å². The fourth-order valence-corrected chi connectivity index (χ4v) is 3.81. The van der Waals surface area contributed by atoms with Gasteiger partial charge >= 0.3 is 0 Å². The Morgan fingerprint density at radius 1 is 1.11 bits per heavy atom. The molecule has 4 rings (SSSR count). The lowest BCUT2D eigenvalue weighted by molar-refractivity contribution is -0.126. The summed E-state index contributed by atoms with van der Waals surface area (Å²) in [5.41, 5.74) is 1.44. The first-order valence-corrected chi connectivity index (χ1v) is 9.21. The number of anilines is 1. The molecule has 0 aromatic heterocycles. The second-order valence-electron chi connectivity index (χ2n) is 6.76. The molecule has 2 aromatic rings. The molecule has 1 unspecified atom stereocenters. The molecule has 0 spiro atoms. The van der Waals surface area contributed by atoms with Crippen molar-refractivity contribution < 1.29 is 19.1 Å². The first-order valence-electron chi connectivity index (χ1n) is 9.21. The number of benzene rings is 2. The number of methoxy groups -OCH3 is 1. The van der Waals surface area contributed by atoms with E-state index in [4.69, 9.17) is 4.74 Å². The number of para-hydroxylation sites is 2. The number of carbonyl (C=O) groups is 3. The van der Waals surface area contributed by atoms with Gasteiger partial charge in [0.05, 0.1) is 18.4 Å². The molecule has 0 radical (unpaired) electrons. The van der Waals surface area contributed by atoms with Crippen molar-refractivity contribution in [3.05, 3.63) is 65.7 Å². The third-order valence-electron chi connectivity index (χ3n) is 5.16. The Bertz CT molecular complexity index is 982. The van der Waals surface area contributed by atoms with E-state index in [2.05, 4.69) is 0 Å². The van der Waals surface area contributed by atoms with Gasteiger partial charge in [0.15, 0.2) is 0 Å². The molecule has 0 N–H and O–H groups in total. The number of carbonyl (C=O) groups excluding carboxylic acids is 3. The van der Waals surface area contributed by atoms with E-state index >= 15 is 0 Å². The number of ether oxygens (including phenoxy) is 1. The van der Waals surface area contributed by atoms with E-state index in [9.17, 15) is 14.4 Å². The van der Waals surface area contributed by atoms with Crippen molar-refractivity contribution in [1.29, 1.82) is 0 Å². The van der Waals surface area contributed by atoms with Crippen LogP contribution in [0.25, 0.3) is 6.08 Å². The fraction of sp³-hybridized carbons (Fsp3) is 0.227. The van der Waals surface area contributed by atoms with Crippen LogP contribution < -0.4 is 9.64 Å². The maximum atomic E-state index is 13.2. The molecule has 6 nitrogen and oxygen atoms in total. The minimum absolute atomic E-state index is 0.199. The molecule has 142 valence electrons. The summed E-state index contributed by atoms with van der Waals surface area (Å²) in [6, 6.07) is 13.5. The van der Waals surface area contributed by atoms with Crippen LogP contribution in [-0.4, -0.2) is 42.3 Å². The Labute approximate surface area is 163 Å². The number of imide groups is 1. The number of hydrogen-bond donors (Lipinski definition) is 0. The van der Waals surface area contributed by atoms with Gasteiger partial charge in [-0.15, -0.1) is 0 Å². The van der Waals surface area contributed by atoms with Gasteiger partial charge in [-0.1, -0.05) is 30.3 Å². The summed E-state index contributed by atoms with van der Waals surface area (Å²) in [4.78, 5) is 41.8. The molecule has 3 amide bonds. The highest BCUT2D eigenvalue weighted by molar-refractivity contribution is 6.25. The molecular weight excluding hydrogens is 356 g/mol. The third-order valence-corrected chi connectivity index (χ3v) is 5.16. The van der Waals surface area contributed by atoms with Crippen molar-refractivity contribution in [2.24, 2.45) is 0 Å². The van der Waals surface area contributed by atoms with Gasteiger partial charge in [0.1, 0.15) is 11.8 Å². The first kappa shape index (κ1) is 18.0. The average Bonchev–Trinajstić information content (AvgIpc) is 3.19. The van der Waals surface area contributed by atoms with E-state index in [-0.39, 0.29) is 11.8 Å². The van der Waals surface area contributed by atoms with E-state index in [1.54, 1.807) is 48.4 Å². The molecule has 2 aliphatic heterocycles. The minimum atomic E-state index is -0.594. The van der Waals surface area contributed by atoms with Crippen LogP contribution in [0.5, 0.6) is 5.75 Å². The molecule has 2 heterocycles. The molecule has 0 bridgehead atoms. The molecule has 0 aliphatic carbocycles. The fourth-order valence-electron chi connectivity index (χ4n) is 3.81. The zero-order valence-electron chi connectivity index (χ0n) is 15.5. The molecule has 0 saturated carbocycles. The Balaban J connectivity index is 1.73. The minimum Gasteiger partial charge on any atom is -0.496 e. The standard InChI is InChI=1S/C22H20N2O4/c1-28-19-11-5-2-7-15(19)12-13-20(25)24-17-9-4-3-8-16(17)21(26)23-14-6-10-18(23)22(24)27/h2-5,7-9,11-13,18H,6,10,14H2,1H3/b13-12+. The molecular formula is C22H20N2O4. The van der Waals surface area contributed by atoms with Crippen molar-refractivity contribution >= 4 is 29.5 Å². The van der Waals surface area contributed by atoms with Crippen LogP contribution in [-0.2, 0) is 9.59 Å². The van der Waals surface area contributed by atoms with Crippen LogP contribution in [0, 0.1) is 0 Å². The molecule has 1 atom stereocenters. The number of nitrogens with zero attached hydrogens (tertiary/aromatic N) is 2. The summed E-state index contributed by atoms with van der Waals surface area (Å²) in [5, 5.41) is 0. The lowest BCUT2D eigenvalue weighted by Gasteiger charge is -2.23. The lowest BCUT2D eigenvalue weighted by Crippen LogP contribution is -2.46. The van der Waals surface area contributed by atoms with Crippen LogP contribution in [0.3, 0.4) is 0 Å². The van der Waals surface area contributed by atoms with Gasteiger partial charge in [-0.25, -0.2) is 4.90 Å². The average molecular weight is 376 g/mol. The van der Waals surface area contributed by atoms with Crippen molar-refractivity contribution in [2.45, 2.75) is 18.9 Å². The highest BCUT2D eigenvalue weighted by Crippen LogP contribution is 2.32. The van der Waals surface area contributed by atoms with E-state index < -0.39 is 11.9 Å². The third kappa shape index (κ3) is 2.97. The van der Waals surface area contributed by atoms with E-state index in [0.29, 0.717) is 30.0 Å². The number of fused-ring (bicyclic) bond motifs is 2. The smallest absolute Gasteiger partial charge is 0.257 e. The van der Waals surface area contributed by atoms with Crippen molar-refractivity contribution in [1.82, 2.24) is 4.90 Å². The number of amides is 3. The highest BCUT2D eigenvalue weighted by atomic mass is 16.5. The van der Waals surface area contributed by atoms with Crippen LogP contribution >= 0.6 is 0 Å². The van der Waals surface area contributed by atoms with Crippen molar-refractivity contribution in [2.75, 3.05) is 18.6 Å². The molecule has 2 aliphatic rings. The first-order chi connectivity index (χ1) is 13.6. The summed E-state index contributed by atoms with van der Waals surface area (Å²) in [7, 11) is 1.56. The largest absolute Gasteiger partial charge is 0.496 e. The van der Waals surface area contributed by atoms with Crippen molar-refractivity contribution in [3.63, 3.8) is 0 Å². The molecule has 1 saturated heterocycles. The predicted octanol–water partition coefficient (Wildman–Crippen LogP) is 2.89. The Morgan fingerprint density at radius 2 is 1.86 bits per heavy atom. The summed E-state index contributed by atoms with van der Waals surface area (Å²) >= 11 is 0. The van der Waals surface area contributed by atoms with Gasteiger partial charge in [0.2, 0.25) is 0 Å². The van der Waals surface area contributed by atoms with Gasteiger partial charge < -0.3 is 9.64 Å². The Hall–Kier alpha value is -3.41. The van der Waals surface area contributed by atoms with E-state index in [1.807, 2.05) is 18.2 Å². The van der Waals surface area contributed by atoms with Crippen LogP contribution in [0.4, 0.5) is 5.69 Å². The quantitative estimate of drug-likeness (QED) is 0.773. The monoisotopic (exact) mass is 376 g/mol. The van der Waals surface area contributed by atoms with Crippen LogP contribution in [0.15, 0.2) is 54.6 Å². The number of hydrogen-bond acceptors (Lipinski definition) is 4. The summed E-state index contributed by atoms with van der Waals surface area (Å²) in [6.07, 6.45) is 4.29. The Kier molecular flexibility index (Phi) is 4.69. The predicted molar refractivity (Wildman–Crippen MR) is 105 cm³/mol. The molecule has 1 fully saturated rings. The number of rotatable bonds is 3. The van der Waals surface area contributed by atoms with Gasteiger partial charge in [0, 0.05) is 18.2 Å². The van der Waals surface area contributed by atoms with Crippen LogP contribution in [0.1, 0.15) is 28.8 Å². The molecule has 2 aromatic carbocycles. The topological polar surface area (TPSA) is 66.9 Å². The lowest BCUT2D eigenvalue weighted by atomic mass is 10.1. The maximum Gasteiger partial charge on any atom is 0.257 e. The maximum absolute atomic E-state index is 13.2. The molecule has 28 heavy (non-hydrogen) atoms. The molecule has 6 heteroatoms. The van der Waals surface area contributed by atoms with Gasteiger partial charge in [-0.3, -0.25) is 14.4 Å². The highest BCUT2D eigenvalue weighted by Gasteiger charge is 2.43. The van der Waals surface area contributed by atoms with E-state index in [1.165, 1.54) is 6.08 Å². The second kappa shape index (κ2) is 7.31. The summed E-state index contributed by atoms with van der Waals surface area (Å²) in [6.45, 7) is 0.530. The zero-order chi connectivity index (χ0) is 19.7. The SMILES string of the molecule is COc1ccccc1/C=C/C(=O)N1C(=O)C2CCCN2C(=O)c2ccccc21.